The van der Waals surface area contributed by atoms with Crippen LogP contribution >= 0.6 is 0 Å². The lowest BCUT2D eigenvalue weighted by Crippen LogP contribution is -2.32. The third-order valence-corrected chi connectivity index (χ3v) is 4.28. The third-order valence-electron chi connectivity index (χ3n) is 4.28. The molecule has 1 fully saturated rings. The van der Waals surface area contributed by atoms with Crippen LogP contribution in [0.25, 0.3) is 0 Å². The van der Waals surface area contributed by atoms with Gasteiger partial charge in [0.05, 0.1) is 0 Å². The Morgan fingerprint density at radius 1 is 1.24 bits per heavy atom. The van der Waals surface area contributed by atoms with Crippen molar-refractivity contribution in [3.8, 4) is 0 Å². The van der Waals surface area contributed by atoms with Crippen molar-refractivity contribution in [1.82, 2.24) is 5.43 Å². The first kappa shape index (κ1) is 12.6. The zero-order valence-electron chi connectivity index (χ0n) is 11.2. The molecular formula is C15H24N2. The van der Waals surface area contributed by atoms with Gasteiger partial charge in [-0.15, -0.1) is 0 Å². The van der Waals surface area contributed by atoms with Crippen LogP contribution in [0.5, 0.6) is 0 Å². The van der Waals surface area contributed by atoms with Crippen molar-refractivity contribution in [2.75, 3.05) is 0 Å². The summed E-state index contributed by atoms with van der Waals surface area (Å²) >= 11 is 0. The van der Waals surface area contributed by atoms with Gasteiger partial charge in [-0.1, -0.05) is 31.5 Å². The number of hydrazine groups is 1. The zero-order valence-corrected chi connectivity index (χ0v) is 11.2. The largest absolute Gasteiger partial charge is 0.271 e. The van der Waals surface area contributed by atoms with Gasteiger partial charge in [0.25, 0.3) is 0 Å². The molecule has 0 bridgehead atoms. The quantitative estimate of drug-likeness (QED) is 0.620. The van der Waals surface area contributed by atoms with E-state index < -0.39 is 0 Å². The Morgan fingerprint density at radius 3 is 2.53 bits per heavy atom. The van der Waals surface area contributed by atoms with Crippen LogP contribution in [0.2, 0.25) is 0 Å². The fourth-order valence-corrected chi connectivity index (χ4v) is 3.02. The maximum Gasteiger partial charge on any atom is 0.0488 e. The summed E-state index contributed by atoms with van der Waals surface area (Å²) in [4.78, 5) is 0. The van der Waals surface area contributed by atoms with E-state index in [1.54, 1.807) is 0 Å². The molecule has 1 aliphatic carbocycles. The zero-order chi connectivity index (χ0) is 12.4. The second-order valence-electron chi connectivity index (χ2n) is 5.67. The van der Waals surface area contributed by atoms with Crippen molar-refractivity contribution < 1.29 is 0 Å². The Balaban J connectivity index is 2.20. The van der Waals surface area contributed by atoms with Gasteiger partial charge in [-0.25, -0.2) is 0 Å². The van der Waals surface area contributed by atoms with Crippen LogP contribution in [0.15, 0.2) is 18.2 Å². The molecule has 0 heterocycles. The smallest absolute Gasteiger partial charge is 0.0488 e. The van der Waals surface area contributed by atoms with E-state index in [1.165, 1.54) is 36.0 Å². The van der Waals surface area contributed by atoms with E-state index in [0.717, 1.165) is 5.92 Å². The summed E-state index contributed by atoms with van der Waals surface area (Å²) in [5, 5.41) is 0. The summed E-state index contributed by atoms with van der Waals surface area (Å²) in [6.45, 7) is 6.67. The van der Waals surface area contributed by atoms with Crippen LogP contribution in [0.4, 0.5) is 0 Å². The molecule has 2 nitrogen and oxygen atoms in total. The van der Waals surface area contributed by atoms with Crippen molar-refractivity contribution in [3.05, 3.63) is 34.9 Å². The third kappa shape index (κ3) is 2.70. The molecule has 0 amide bonds. The Kier molecular flexibility index (Phi) is 3.85. The Bertz CT molecular complexity index is 387. The van der Waals surface area contributed by atoms with Crippen molar-refractivity contribution in [1.29, 1.82) is 0 Å². The number of hydrogen-bond donors (Lipinski definition) is 2. The molecule has 94 valence electrons. The monoisotopic (exact) mass is 232 g/mol. The molecule has 3 atom stereocenters. The molecule has 1 saturated carbocycles. The highest BCUT2D eigenvalue weighted by molar-refractivity contribution is 5.32. The lowest BCUT2D eigenvalue weighted by Gasteiger charge is -2.24. The van der Waals surface area contributed by atoms with Gasteiger partial charge >= 0.3 is 0 Å². The first-order chi connectivity index (χ1) is 8.11. The Morgan fingerprint density at radius 2 is 2.00 bits per heavy atom. The molecule has 17 heavy (non-hydrogen) atoms. The number of benzene rings is 1. The fourth-order valence-electron chi connectivity index (χ4n) is 3.02. The lowest BCUT2D eigenvalue weighted by atomic mass is 9.90. The lowest BCUT2D eigenvalue weighted by molar-refractivity contribution is 0.364. The summed E-state index contributed by atoms with van der Waals surface area (Å²) in [5.41, 5.74) is 7.08. The highest BCUT2D eigenvalue weighted by Gasteiger charge is 2.29. The van der Waals surface area contributed by atoms with Crippen LogP contribution in [-0.4, -0.2) is 0 Å². The average Bonchev–Trinajstić information content (AvgIpc) is 2.71. The molecule has 3 N–H and O–H groups in total. The van der Waals surface area contributed by atoms with Gasteiger partial charge in [0, 0.05) is 6.04 Å². The number of nitrogens with one attached hydrogen (secondary N) is 1. The minimum Gasteiger partial charge on any atom is -0.271 e. The standard InChI is InChI=1S/C15H24N2/c1-10-4-6-13(8-10)15(17-16)14-7-5-11(2)12(3)9-14/h5,7,9-10,13,15,17H,4,6,8,16H2,1-3H3. The van der Waals surface area contributed by atoms with Crippen molar-refractivity contribution in [2.45, 2.75) is 46.1 Å². The molecule has 0 radical (unpaired) electrons. The Hall–Kier alpha value is -0.860. The number of nitrogens with two attached hydrogens (primary N) is 1. The second-order valence-corrected chi connectivity index (χ2v) is 5.67. The number of rotatable bonds is 3. The summed E-state index contributed by atoms with van der Waals surface area (Å²) < 4.78 is 0. The van der Waals surface area contributed by atoms with Gasteiger partial charge in [-0.05, 0) is 55.2 Å². The fraction of sp³-hybridized carbons (Fsp3) is 0.600. The molecule has 0 aliphatic heterocycles. The molecule has 2 rings (SSSR count). The summed E-state index contributed by atoms with van der Waals surface area (Å²) in [5.74, 6) is 7.31. The van der Waals surface area contributed by atoms with Crippen molar-refractivity contribution >= 4 is 0 Å². The molecule has 1 aliphatic rings. The first-order valence-electron chi connectivity index (χ1n) is 6.65. The van der Waals surface area contributed by atoms with E-state index in [2.05, 4.69) is 44.4 Å². The minimum absolute atomic E-state index is 0.319. The van der Waals surface area contributed by atoms with Gasteiger partial charge < -0.3 is 0 Å². The predicted molar refractivity (Wildman–Crippen MR) is 72.5 cm³/mol. The number of aryl methyl sites for hydroxylation is 2. The second kappa shape index (κ2) is 5.19. The van der Waals surface area contributed by atoms with E-state index in [4.69, 9.17) is 5.84 Å². The van der Waals surface area contributed by atoms with E-state index >= 15 is 0 Å². The molecule has 0 spiro atoms. The summed E-state index contributed by atoms with van der Waals surface area (Å²) in [6, 6.07) is 7.02. The van der Waals surface area contributed by atoms with Crippen molar-refractivity contribution in [2.24, 2.45) is 17.7 Å². The first-order valence-corrected chi connectivity index (χ1v) is 6.65. The minimum atomic E-state index is 0.319. The normalized spacial score (nSPS) is 26.1. The van der Waals surface area contributed by atoms with E-state index in [-0.39, 0.29) is 0 Å². The van der Waals surface area contributed by atoms with E-state index in [0.29, 0.717) is 12.0 Å². The maximum absolute atomic E-state index is 5.77. The highest BCUT2D eigenvalue weighted by Crippen LogP contribution is 2.38. The molecule has 0 aromatic heterocycles. The van der Waals surface area contributed by atoms with Crippen molar-refractivity contribution in [3.63, 3.8) is 0 Å². The van der Waals surface area contributed by atoms with Gasteiger partial charge in [-0.3, -0.25) is 11.3 Å². The van der Waals surface area contributed by atoms with Crippen LogP contribution < -0.4 is 11.3 Å². The molecule has 2 heteroatoms. The predicted octanol–water partition coefficient (Wildman–Crippen LogP) is 3.24. The molecule has 1 aromatic rings. The van der Waals surface area contributed by atoms with Gasteiger partial charge in [0.2, 0.25) is 0 Å². The van der Waals surface area contributed by atoms with E-state index in [9.17, 15) is 0 Å². The molecular weight excluding hydrogens is 208 g/mol. The van der Waals surface area contributed by atoms with Crippen LogP contribution in [0.1, 0.15) is 48.9 Å². The topological polar surface area (TPSA) is 38.0 Å². The van der Waals surface area contributed by atoms with Crippen LogP contribution in [0, 0.1) is 25.7 Å². The molecule has 1 aromatic carbocycles. The van der Waals surface area contributed by atoms with Crippen LogP contribution in [-0.2, 0) is 0 Å². The SMILES string of the molecule is Cc1ccc(C(NN)C2CCC(C)C2)cc1C. The highest BCUT2D eigenvalue weighted by atomic mass is 15.2. The van der Waals surface area contributed by atoms with Gasteiger partial charge in [0.1, 0.15) is 0 Å². The molecule has 0 saturated heterocycles. The maximum atomic E-state index is 5.77. The summed E-state index contributed by atoms with van der Waals surface area (Å²) in [7, 11) is 0. The van der Waals surface area contributed by atoms with E-state index in [1.807, 2.05) is 0 Å². The van der Waals surface area contributed by atoms with Gasteiger partial charge in [-0.2, -0.15) is 0 Å². The number of hydrogen-bond acceptors (Lipinski definition) is 2. The van der Waals surface area contributed by atoms with Crippen LogP contribution in [0.3, 0.4) is 0 Å². The summed E-state index contributed by atoms with van der Waals surface area (Å²) in [6.07, 6.45) is 3.93. The molecule has 3 unspecified atom stereocenters. The average molecular weight is 232 g/mol. The Labute approximate surface area is 105 Å². The van der Waals surface area contributed by atoms with Gasteiger partial charge in [0.15, 0.2) is 0 Å².